The molecule has 5 atom stereocenters. The summed E-state index contributed by atoms with van der Waals surface area (Å²) in [7, 11) is -9.96. The summed E-state index contributed by atoms with van der Waals surface area (Å²) in [6, 6.07) is 0. The zero-order valence-electron chi connectivity index (χ0n) is 63.4. The van der Waals surface area contributed by atoms with Crippen molar-refractivity contribution in [2.75, 3.05) is 39.6 Å². The minimum atomic E-state index is -4.98. The second-order valence-electron chi connectivity index (χ2n) is 26.7. The highest BCUT2D eigenvalue weighted by Gasteiger charge is 2.30. The number of phosphoric acid groups is 2. The number of carbonyl (C=O) groups is 4. The number of ether oxygens (including phenoxy) is 4. The first-order valence-electron chi connectivity index (χ1n) is 39.8. The first kappa shape index (κ1) is 96.2. The van der Waals surface area contributed by atoms with Gasteiger partial charge in [0.1, 0.15) is 19.3 Å². The Labute approximate surface area is 608 Å². The number of aliphatic hydroxyl groups excluding tert-OH is 1. The molecule has 0 radical (unpaired) electrons. The largest absolute Gasteiger partial charge is 0.472 e. The number of rotatable bonds is 75. The first-order chi connectivity index (χ1) is 48.7. The van der Waals surface area contributed by atoms with Crippen LogP contribution in [0.4, 0.5) is 0 Å². The van der Waals surface area contributed by atoms with Crippen LogP contribution < -0.4 is 0 Å². The lowest BCUT2D eigenvalue weighted by Crippen LogP contribution is -2.30. The molecule has 17 nitrogen and oxygen atoms in total. The molecular weight excluding hydrogens is 1310 g/mol. The molecule has 0 saturated carbocycles. The van der Waals surface area contributed by atoms with Crippen molar-refractivity contribution >= 4 is 39.5 Å². The van der Waals surface area contributed by atoms with Gasteiger partial charge in [-0.25, -0.2) is 9.13 Å². The van der Waals surface area contributed by atoms with Crippen molar-refractivity contribution in [1.29, 1.82) is 0 Å². The van der Waals surface area contributed by atoms with E-state index in [2.05, 4.69) is 101 Å². The summed E-state index contributed by atoms with van der Waals surface area (Å²) >= 11 is 0. The van der Waals surface area contributed by atoms with E-state index in [1.165, 1.54) is 128 Å². The zero-order valence-corrected chi connectivity index (χ0v) is 65.2. The van der Waals surface area contributed by atoms with Crippen LogP contribution >= 0.6 is 15.6 Å². The van der Waals surface area contributed by atoms with Gasteiger partial charge in [0.15, 0.2) is 12.2 Å². The average molecular weight is 1450 g/mol. The van der Waals surface area contributed by atoms with Crippen LogP contribution in [0.5, 0.6) is 0 Å². The van der Waals surface area contributed by atoms with E-state index in [1.54, 1.807) is 0 Å². The van der Waals surface area contributed by atoms with E-state index < -0.39 is 97.5 Å². The second-order valence-corrected chi connectivity index (χ2v) is 29.6. The molecule has 0 aliphatic carbocycles. The van der Waals surface area contributed by atoms with Crippen molar-refractivity contribution in [3.63, 3.8) is 0 Å². The molecule has 0 amide bonds. The smallest absolute Gasteiger partial charge is 0.462 e. The van der Waals surface area contributed by atoms with E-state index in [0.29, 0.717) is 32.1 Å². The molecule has 0 heterocycles. The van der Waals surface area contributed by atoms with Crippen LogP contribution in [0.1, 0.15) is 349 Å². The second kappa shape index (κ2) is 73.5. The molecule has 2 unspecified atom stereocenters. The summed E-state index contributed by atoms with van der Waals surface area (Å²) in [5.74, 6) is -2.24. The molecule has 0 aliphatic heterocycles. The molecule has 100 heavy (non-hydrogen) atoms. The molecular formula is C81H144O17P2. The fourth-order valence-electron chi connectivity index (χ4n) is 10.7. The SMILES string of the molecule is CCCCC/C=C\C/C=C\C/C=C\C/C=C\CCCC(=O)OC[C@H](COP(=O)(O)OC[C@H](O)COP(=O)(O)OC[C@@H](COC(=O)CCCCCCC/C=C\CCCCCCCC)OC(=O)CCCCCCC/C=C\C/C=C\CCCCC)OC(=O)CCCCCCCCCCCCCCC. The van der Waals surface area contributed by atoms with Crippen molar-refractivity contribution in [3.05, 3.63) is 85.1 Å². The van der Waals surface area contributed by atoms with Gasteiger partial charge in [-0.05, 0) is 122 Å². The maximum absolute atomic E-state index is 13.1. The summed E-state index contributed by atoms with van der Waals surface area (Å²) in [5, 5.41) is 10.6. The molecule has 580 valence electrons. The minimum absolute atomic E-state index is 0.0782. The molecule has 0 aromatic heterocycles. The monoisotopic (exact) mass is 1450 g/mol. The number of phosphoric ester groups is 2. The van der Waals surface area contributed by atoms with E-state index in [9.17, 15) is 43.2 Å². The summed E-state index contributed by atoms with van der Waals surface area (Å²) in [6.45, 7) is 4.77. The van der Waals surface area contributed by atoms with Crippen molar-refractivity contribution in [3.8, 4) is 0 Å². The molecule has 0 fully saturated rings. The average Bonchev–Trinajstić information content (AvgIpc) is 0.965. The molecule has 19 heteroatoms. The lowest BCUT2D eigenvalue weighted by Gasteiger charge is -2.21. The van der Waals surface area contributed by atoms with Crippen LogP contribution in [0, 0.1) is 0 Å². The van der Waals surface area contributed by atoms with Gasteiger partial charge in [-0.3, -0.25) is 37.3 Å². The standard InChI is InChI=1S/C81H144O17P2/c1-5-9-13-17-21-25-29-33-36-37-40-43-46-50-54-58-62-66-79(84)92-71-76(97-80(85)67-63-59-55-51-47-41-32-28-24-20-16-12-8-4)73-95-99(87,88)93-69-75(82)70-94-100(89,90)96-74-77(98-81(86)68-64-60-56-52-48-44-39-35-31-27-23-19-15-11-7-3)72-91-78(83)65-61-57-53-49-45-42-38-34-30-26-22-18-14-10-6-2/h21,23,25,27,33-36,38-40,43,50,54,75-77,82H,5-20,22,24,26,28-32,37,41-42,44-49,51-53,55-74H2,1-4H3,(H,87,88)(H,89,90)/b25-21-,27-23-,36-33-,38-34-,39-35-,43-40-,54-50-/t75-,76+,77+/m0/s1. The normalized spacial score (nSPS) is 14.3. The van der Waals surface area contributed by atoms with Gasteiger partial charge in [-0.15, -0.1) is 0 Å². The van der Waals surface area contributed by atoms with Crippen LogP contribution in [-0.2, 0) is 65.4 Å². The number of hydrogen-bond donors (Lipinski definition) is 3. The topological polar surface area (TPSA) is 237 Å². The molecule has 0 rings (SSSR count). The van der Waals surface area contributed by atoms with Crippen molar-refractivity contribution in [1.82, 2.24) is 0 Å². The molecule has 0 aliphatic rings. The Morgan fingerprint density at radius 2 is 0.500 bits per heavy atom. The summed E-state index contributed by atoms with van der Waals surface area (Å²) in [6.07, 6.45) is 75.7. The number of hydrogen-bond acceptors (Lipinski definition) is 15. The van der Waals surface area contributed by atoms with Gasteiger partial charge in [-0.1, -0.05) is 286 Å². The Hall–Kier alpha value is -3.76. The van der Waals surface area contributed by atoms with Gasteiger partial charge in [-0.2, -0.15) is 0 Å². The summed E-state index contributed by atoms with van der Waals surface area (Å²) in [5.41, 5.74) is 0. The van der Waals surface area contributed by atoms with Gasteiger partial charge < -0.3 is 33.8 Å². The molecule has 0 aromatic carbocycles. The molecule has 0 aromatic rings. The van der Waals surface area contributed by atoms with Crippen molar-refractivity contribution < 1.29 is 80.2 Å². The maximum atomic E-state index is 13.1. The third kappa shape index (κ3) is 72.6. The van der Waals surface area contributed by atoms with Crippen molar-refractivity contribution in [2.24, 2.45) is 0 Å². The maximum Gasteiger partial charge on any atom is 0.472 e. The van der Waals surface area contributed by atoms with Crippen LogP contribution in [-0.4, -0.2) is 96.7 Å². The number of unbranched alkanes of at least 4 members (excludes halogenated alkanes) is 35. The van der Waals surface area contributed by atoms with E-state index >= 15 is 0 Å². The third-order valence-corrected chi connectivity index (χ3v) is 18.7. The highest BCUT2D eigenvalue weighted by Crippen LogP contribution is 2.45. The summed E-state index contributed by atoms with van der Waals surface area (Å²) in [4.78, 5) is 72.9. The van der Waals surface area contributed by atoms with Crippen molar-refractivity contribution in [2.45, 2.75) is 367 Å². The molecule has 0 saturated heterocycles. The highest BCUT2D eigenvalue weighted by atomic mass is 31.2. The lowest BCUT2D eigenvalue weighted by molar-refractivity contribution is -0.161. The zero-order chi connectivity index (χ0) is 73.2. The Balaban J connectivity index is 5.39. The van der Waals surface area contributed by atoms with Crippen LogP contribution in [0.3, 0.4) is 0 Å². The fourth-order valence-corrected chi connectivity index (χ4v) is 12.3. The van der Waals surface area contributed by atoms with E-state index in [1.807, 2.05) is 12.2 Å². The highest BCUT2D eigenvalue weighted by molar-refractivity contribution is 7.47. The predicted octanol–water partition coefficient (Wildman–Crippen LogP) is 23.0. The van der Waals surface area contributed by atoms with Gasteiger partial charge in [0, 0.05) is 25.7 Å². The lowest BCUT2D eigenvalue weighted by atomic mass is 10.0. The Kier molecular flexibility index (Phi) is 70.8. The fraction of sp³-hybridized carbons (Fsp3) is 0.778. The van der Waals surface area contributed by atoms with E-state index in [4.69, 9.17) is 37.0 Å². The molecule has 0 bridgehead atoms. The molecule has 3 N–H and O–H groups in total. The predicted molar refractivity (Wildman–Crippen MR) is 409 cm³/mol. The summed E-state index contributed by atoms with van der Waals surface area (Å²) < 4.78 is 68.5. The number of allylic oxidation sites excluding steroid dienone is 14. The number of carbonyl (C=O) groups excluding carboxylic acids is 4. The van der Waals surface area contributed by atoms with E-state index in [0.717, 1.165) is 135 Å². The minimum Gasteiger partial charge on any atom is -0.462 e. The Bertz CT molecular complexity index is 2230. The van der Waals surface area contributed by atoms with Gasteiger partial charge in [0.25, 0.3) is 0 Å². The Morgan fingerprint density at radius 1 is 0.280 bits per heavy atom. The molecule has 0 spiro atoms. The van der Waals surface area contributed by atoms with Crippen LogP contribution in [0.25, 0.3) is 0 Å². The van der Waals surface area contributed by atoms with E-state index in [-0.39, 0.29) is 25.7 Å². The number of esters is 4. The Morgan fingerprint density at radius 3 is 0.820 bits per heavy atom. The quantitative estimate of drug-likeness (QED) is 0.0169. The van der Waals surface area contributed by atoms with Gasteiger partial charge in [0.05, 0.1) is 26.4 Å². The number of aliphatic hydroxyl groups is 1. The van der Waals surface area contributed by atoms with Crippen LogP contribution in [0.2, 0.25) is 0 Å². The third-order valence-electron chi connectivity index (χ3n) is 16.8. The first-order valence-corrected chi connectivity index (χ1v) is 42.8. The van der Waals surface area contributed by atoms with Gasteiger partial charge in [0.2, 0.25) is 0 Å². The van der Waals surface area contributed by atoms with Gasteiger partial charge >= 0.3 is 39.5 Å². The van der Waals surface area contributed by atoms with Crippen LogP contribution in [0.15, 0.2) is 85.1 Å².